The SMILES string of the molecule is C=C1CCCCC1c1cc(NCc2cccnc2)n2ncc(Br)c2n1. The predicted octanol–water partition coefficient (Wildman–Crippen LogP) is 4.71. The lowest BCUT2D eigenvalue weighted by Gasteiger charge is -2.24. The molecule has 1 atom stereocenters. The van der Waals surface area contributed by atoms with Crippen molar-refractivity contribution >= 4 is 27.4 Å². The van der Waals surface area contributed by atoms with Crippen LogP contribution in [0.4, 0.5) is 5.82 Å². The van der Waals surface area contributed by atoms with Gasteiger partial charge in [-0.25, -0.2) is 4.98 Å². The molecule has 0 bridgehead atoms. The van der Waals surface area contributed by atoms with Crippen LogP contribution in [0.15, 0.2) is 53.4 Å². The predicted molar refractivity (Wildman–Crippen MR) is 103 cm³/mol. The summed E-state index contributed by atoms with van der Waals surface area (Å²) in [6.07, 6.45) is 10.1. The van der Waals surface area contributed by atoms with Crippen molar-refractivity contribution in [2.24, 2.45) is 0 Å². The van der Waals surface area contributed by atoms with E-state index in [1.807, 2.05) is 16.8 Å². The summed E-state index contributed by atoms with van der Waals surface area (Å²) in [4.78, 5) is 9.04. The molecule has 1 saturated carbocycles. The molecule has 1 aliphatic carbocycles. The molecule has 1 fully saturated rings. The molecule has 3 heterocycles. The number of rotatable bonds is 4. The Hall–Kier alpha value is -2.21. The number of fused-ring (bicyclic) bond motifs is 1. The van der Waals surface area contributed by atoms with Crippen molar-refractivity contribution in [2.75, 3.05) is 5.32 Å². The molecule has 3 aromatic heterocycles. The summed E-state index contributed by atoms with van der Waals surface area (Å²) in [5.41, 5.74) is 4.33. The van der Waals surface area contributed by atoms with E-state index in [1.54, 1.807) is 12.4 Å². The molecule has 25 heavy (non-hydrogen) atoms. The van der Waals surface area contributed by atoms with Gasteiger partial charge in [0.05, 0.1) is 16.4 Å². The molecule has 0 spiro atoms. The van der Waals surface area contributed by atoms with Crippen molar-refractivity contribution < 1.29 is 0 Å². The fourth-order valence-corrected chi connectivity index (χ4v) is 3.74. The standard InChI is InChI=1S/C19H20BrN5/c1-13-5-2-3-7-15(13)17-9-18(22-11-14-6-4-8-21-10-14)25-19(24-17)16(20)12-23-25/h4,6,8-10,12,15,22H,1-3,5,7,11H2. The van der Waals surface area contributed by atoms with Crippen LogP contribution in [-0.2, 0) is 6.54 Å². The number of aromatic nitrogens is 4. The summed E-state index contributed by atoms with van der Waals surface area (Å²) in [5, 5.41) is 7.92. The van der Waals surface area contributed by atoms with Crippen molar-refractivity contribution in [1.82, 2.24) is 19.6 Å². The van der Waals surface area contributed by atoms with Crippen LogP contribution in [0.25, 0.3) is 5.65 Å². The van der Waals surface area contributed by atoms with Gasteiger partial charge in [0.25, 0.3) is 0 Å². The number of anilines is 1. The van der Waals surface area contributed by atoms with E-state index in [0.717, 1.165) is 40.0 Å². The van der Waals surface area contributed by atoms with Gasteiger partial charge in [0.15, 0.2) is 5.65 Å². The zero-order valence-corrected chi connectivity index (χ0v) is 15.5. The van der Waals surface area contributed by atoms with Gasteiger partial charge < -0.3 is 5.32 Å². The third-order valence-corrected chi connectivity index (χ3v) is 5.29. The molecule has 0 radical (unpaired) electrons. The normalized spacial score (nSPS) is 17.8. The molecule has 0 aromatic carbocycles. The van der Waals surface area contributed by atoms with Gasteiger partial charge in [0.2, 0.25) is 0 Å². The maximum atomic E-state index is 4.86. The number of allylic oxidation sites excluding steroid dienone is 1. The monoisotopic (exact) mass is 397 g/mol. The van der Waals surface area contributed by atoms with Gasteiger partial charge in [0, 0.05) is 30.9 Å². The minimum absolute atomic E-state index is 0.333. The first-order valence-corrected chi connectivity index (χ1v) is 9.36. The van der Waals surface area contributed by atoms with E-state index in [1.165, 1.54) is 18.4 Å². The van der Waals surface area contributed by atoms with Crippen LogP contribution in [0.2, 0.25) is 0 Å². The number of nitrogens with one attached hydrogen (secondary N) is 1. The highest BCUT2D eigenvalue weighted by molar-refractivity contribution is 9.10. The molecule has 0 saturated heterocycles. The highest BCUT2D eigenvalue weighted by atomic mass is 79.9. The van der Waals surface area contributed by atoms with Gasteiger partial charge >= 0.3 is 0 Å². The van der Waals surface area contributed by atoms with Crippen molar-refractivity contribution in [3.63, 3.8) is 0 Å². The maximum absolute atomic E-state index is 4.86. The largest absolute Gasteiger partial charge is 0.366 e. The number of halogens is 1. The smallest absolute Gasteiger partial charge is 0.171 e. The number of nitrogens with zero attached hydrogens (tertiary/aromatic N) is 4. The number of hydrogen-bond acceptors (Lipinski definition) is 4. The summed E-state index contributed by atoms with van der Waals surface area (Å²) in [7, 11) is 0. The molecule has 1 aliphatic rings. The second-order valence-corrected chi connectivity index (χ2v) is 7.32. The van der Waals surface area contributed by atoms with Crippen LogP contribution >= 0.6 is 15.9 Å². The van der Waals surface area contributed by atoms with Crippen LogP contribution in [0.3, 0.4) is 0 Å². The first-order valence-electron chi connectivity index (χ1n) is 8.57. The highest BCUT2D eigenvalue weighted by Gasteiger charge is 2.22. The van der Waals surface area contributed by atoms with E-state index in [-0.39, 0.29) is 0 Å². The molecule has 0 amide bonds. The number of pyridine rings is 1. The molecule has 1 unspecified atom stereocenters. The van der Waals surface area contributed by atoms with Crippen LogP contribution in [0.1, 0.15) is 42.9 Å². The average molecular weight is 398 g/mol. The lowest BCUT2D eigenvalue weighted by Crippen LogP contribution is -2.13. The van der Waals surface area contributed by atoms with E-state index in [4.69, 9.17) is 4.98 Å². The summed E-state index contributed by atoms with van der Waals surface area (Å²) in [6.45, 7) is 4.97. The Bertz CT molecular complexity index is 903. The van der Waals surface area contributed by atoms with Gasteiger partial charge in [-0.3, -0.25) is 4.98 Å². The highest BCUT2D eigenvalue weighted by Crippen LogP contribution is 2.37. The van der Waals surface area contributed by atoms with Gasteiger partial charge in [-0.05, 0) is 46.8 Å². The lowest BCUT2D eigenvalue weighted by atomic mass is 9.83. The van der Waals surface area contributed by atoms with Crippen LogP contribution in [-0.4, -0.2) is 19.6 Å². The van der Waals surface area contributed by atoms with Crippen LogP contribution in [0.5, 0.6) is 0 Å². The second-order valence-electron chi connectivity index (χ2n) is 6.47. The maximum Gasteiger partial charge on any atom is 0.171 e. The molecular formula is C19H20BrN5. The fourth-order valence-electron chi connectivity index (χ4n) is 3.39. The number of hydrogen-bond donors (Lipinski definition) is 1. The Labute approximate surface area is 155 Å². The first-order chi connectivity index (χ1) is 12.2. The van der Waals surface area contributed by atoms with Gasteiger partial charge in [0.1, 0.15) is 5.82 Å². The zero-order chi connectivity index (χ0) is 17.2. The summed E-state index contributed by atoms with van der Waals surface area (Å²) < 4.78 is 2.75. The third-order valence-electron chi connectivity index (χ3n) is 4.74. The van der Waals surface area contributed by atoms with E-state index < -0.39 is 0 Å². The molecular weight excluding hydrogens is 378 g/mol. The van der Waals surface area contributed by atoms with Gasteiger partial charge in [-0.1, -0.05) is 24.6 Å². The van der Waals surface area contributed by atoms with Crippen molar-refractivity contribution in [3.8, 4) is 0 Å². The topological polar surface area (TPSA) is 55.1 Å². The lowest BCUT2D eigenvalue weighted by molar-refractivity contribution is 0.534. The summed E-state index contributed by atoms with van der Waals surface area (Å²) in [5.74, 6) is 1.27. The van der Waals surface area contributed by atoms with E-state index >= 15 is 0 Å². The average Bonchev–Trinajstić information content (AvgIpc) is 3.02. The van der Waals surface area contributed by atoms with Crippen molar-refractivity contribution in [2.45, 2.75) is 38.1 Å². The van der Waals surface area contributed by atoms with E-state index in [9.17, 15) is 0 Å². The van der Waals surface area contributed by atoms with E-state index in [2.05, 4.69) is 50.0 Å². The Morgan fingerprint density at radius 2 is 2.24 bits per heavy atom. The van der Waals surface area contributed by atoms with Crippen molar-refractivity contribution in [3.05, 3.63) is 64.7 Å². The molecule has 4 rings (SSSR count). The second kappa shape index (κ2) is 6.96. The Morgan fingerprint density at radius 1 is 1.32 bits per heavy atom. The Balaban J connectivity index is 1.70. The third kappa shape index (κ3) is 3.31. The quantitative estimate of drug-likeness (QED) is 0.647. The van der Waals surface area contributed by atoms with Gasteiger partial charge in [-0.15, -0.1) is 0 Å². The Kier molecular flexibility index (Phi) is 4.53. The first kappa shape index (κ1) is 16.3. The minimum Gasteiger partial charge on any atom is -0.366 e. The van der Waals surface area contributed by atoms with E-state index in [0.29, 0.717) is 12.5 Å². The zero-order valence-electron chi connectivity index (χ0n) is 14.0. The van der Waals surface area contributed by atoms with Crippen LogP contribution < -0.4 is 5.32 Å². The summed E-state index contributed by atoms with van der Waals surface area (Å²) >= 11 is 3.56. The molecule has 128 valence electrons. The molecule has 6 heteroatoms. The minimum atomic E-state index is 0.333. The molecule has 1 N–H and O–H groups in total. The van der Waals surface area contributed by atoms with Gasteiger partial charge in [-0.2, -0.15) is 9.61 Å². The Morgan fingerprint density at radius 3 is 3.04 bits per heavy atom. The molecule has 0 aliphatic heterocycles. The molecule has 5 nitrogen and oxygen atoms in total. The van der Waals surface area contributed by atoms with Crippen LogP contribution in [0, 0.1) is 0 Å². The fraction of sp³-hybridized carbons (Fsp3) is 0.316. The molecule has 3 aromatic rings. The van der Waals surface area contributed by atoms with Crippen molar-refractivity contribution in [1.29, 1.82) is 0 Å². The summed E-state index contributed by atoms with van der Waals surface area (Å²) in [6, 6.07) is 6.12.